The summed E-state index contributed by atoms with van der Waals surface area (Å²) in [6.45, 7) is 0. The molecule has 18 rings (SSSR count). The van der Waals surface area contributed by atoms with Gasteiger partial charge < -0.3 is 0 Å². The first kappa shape index (κ1) is 57.0. The van der Waals surface area contributed by atoms with Gasteiger partial charge in [0.1, 0.15) is 0 Å². The van der Waals surface area contributed by atoms with Crippen LogP contribution in [0.2, 0.25) is 0 Å². The van der Waals surface area contributed by atoms with Crippen LogP contribution in [0, 0.1) is 0 Å². The van der Waals surface area contributed by atoms with Crippen LogP contribution in [0.15, 0.2) is 370 Å². The van der Waals surface area contributed by atoms with Crippen molar-refractivity contribution in [2.45, 2.75) is 5.41 Å². The first-order valence-electron chi connectivity index (χ1n) is 33.3. The second-order valence-electron chi connectivity index (χ2n) is 25.4. The summed E-state index contributed by atoms with van der Waals surface area (Å²) < 4.78 is 0. The molecule has 97 heavy (non-hydrogen) atoms. The van der Waals surface area contributed by atoms with Gasteiger partial charge in [0.25, 0.3) is 0 Å². The first-order chi connectivity index (χ1) is 48.0. The van der Waals surface area contributed by atoms with Crippen molar-refractivity contribution in [1.82, 2.24) is 15.0 Å². The normalized spacial score (nSPS) is 12.2. The lowest BCUT2D eigenvalue weighted by Gasteiger charge is -2.30. The molecule has 0 fully saturated rings. The molecule has 0 bridgehead atoms. The Hall–Kier alpha value is -12.7. The standard InChI is InChI=1S/C94H61N3/c1-3-21-62(22-4-1)66-25-13-27-68(53-66)64-47-49-65(50-48-64)91-95-92(81-39-19-37-78(59-81)69-28-14-26-67(54-69)63-23-5-2-6-24-63)97-93(96-91)82-40-20-38-79(60-82)76-35-17-33-74(57-76)72-31-15-29-70(55-72)71-30-16-32-73(56-71)75-34-18-36-77(58-75)80-51-52-86-85-43-9-12-46-89(85)94(90(86)61-80)87-44-10-7-41-83(87)84-42-8-11-45-88(84)94/h1-61H. The van der Waals surface area contributed by atoms with Gasteiger partial charge in [-0.1, -0.05) is 315 Å². The monoisotopic (exact) mass is 1230 g/mol. The van der Waals surface area contributed by atoms with Gasteiger partial charge in [-0.15, -0.1) is 0 Å². The fourth-order valence-corrected chi connectivity index (χ4v) is 15.1. The smallest absolute Gasteiger partial charge is 0.164 e. The third-order valence-electron chi connectivity index (χ3n) is 19.7. The van der Waals surface area contributed by atoms with Crippen LogP contribution in [-0.2, 0) is 5.41 Å². The van der Waals surface area contributed by atoms with E-state index in [1.54, 1.807) is 0 Å². The highest BCUT2D eigenvalue weighted by Gasteiger charge is 2.51. The van der Waals surface area contributed by atoms with Crippen molar-refractivity contribution in [2.24, 2.45) is 0 Å². The topological polar surface area (TPSA) is 38.7 Å². The van der Waals surface area contributed by atoms with Crippen LogP contribution in [0.25, 0.3) is 157 Å². The molecular formula is C94H61N3. The van der Waals surface area contributed by atoms with E-state index >= 15 is 0 Å². The van der Waals surface area contributed by atoms with Crippen LogP contribution >= 0.6 is 0 Å². The first-order valence-corrected chi connectivity index (χ1v) is 33.3. The lowest BCUT2D eigenvalue weighted by molar-refractivity contribution is 0.794. The Bertz CT molecular complexity index is 5650. The number of fused-ring (bicyclic) bond motifs is 10. The van der Waals surface area contributed by atoms with Crippen LogP contribution in [0.3, 0.4) is 0 Å². The number of aromatic nitrogens is 3. The highest BCUT2D eigenvalue weighted by atomic mass is 15.0. The zero-order valence-corrected chi connectivity index (χ0v) is 53.1. The van der Waals surface area contributed by atoms with Crippen molar-refractivity contribution in [2.75, 3.05) is 0 Å². The van der Waals surface area contributed by atoms with Gasteiger partial charge in [-0.25, -0.2) is 15.0 Å². The second kappa shape index (κ2) is 24.0. The quantitative estimate of drug-likeness (QED) is 0.122. The van der Waals surface area contributed by atoms with E-state index in [9.17, 15) is 0 Å². The zero-order chi connectivity index (χ0) is 64.2. The Kier molecular flexibility index (Phi) is 14.1. The van der Waals surface area contributed by atoms with Gasteiger partial charge >= 0.3 is 0 Å². The van der Waals surface area contributed by atoms with E-state index < -0.39 is 5.41 Å². The third-order valence-corrected chi connectivity index (χ3v) is 19.7. The van der Waals surface area contributed by atoms with E-state index in [4.69, 9.17) is 15.0 Å². The van der Waals surface area contributed by atoms with Gasteiger partial charge in [-0.3, -0.25) is 0 Å². The Morgan fingerprint density at radius 2 is 0.340 bits per heavy atom. The minimum Gasteiger partial charge on any atom is -0.208 e. The number of benzene rings is 15. The molecule has 0 unspecified atom stereocenters. The number of rotatable bonds is 12. The lowest BCUT2D eigenvalue weighted by atomic mass is 9.70. The van der Waals surface area contributed by atoms with Gasteiger partial charge in [0.05, 0.1) is 5.41 Å². The molecule has 3 heteroatoms. The lowest BCUT2D eigenvalue weighted by Crippen LogP contribution is -2.25. The molecule has 0 N–H and O–H groups in total. The molecule has 3 nitrogen and oxygen atoms in total. The van der Waals surface area contributed by atoms with Crippen LogP contribution in [0.4, 0.5) is 0 Å². The average Bonchev–Trinajstić information content (AvgIpc) is 1.51. The molecule has 1 spiro atoms. The maximum Gasteiger partial charge on any atom is 0.164 e. The van der Waals surface area contributed by atoms with E-state index in [0.29, 0.717) is 17.5 Å². The Morgan fingerprint density at radius 1 is 0.134 bits per heavy atom. The van der Waals surface area contributed by atoms with Crippen molar-refractivity contribution < 1.29 is 0 Å². The van der Waals surface area contributed by atoms with Crippen LogP contribution < -0.4 is 0 Å². The molecule has 15 aromatic carbocycles. The highest BCUT2D eigenvalue weighted by molar-refractivity contribution is 5.96. The highest BCUT2D eigenvalue weighted by Crippen LogP contribution is 2.63. The van der Waals surface area contributed by atoms with Crippen LogP contribution in [-0.4, -0.2) is 15.0 Å². The zero-order valence-electron chi connectivity index (χ0n) is 53.1. The maximum atomic E-state index is 5.31. The average molecular weight is 1230 g/mol. The fraction of sp³-hybridized carbons (Fsp3) is 0.0106. The van der Waals surface area contributed by atoms with Crippen molar-refractivity contribution in [1.29, 1.82) is 0 Å². The molecule has 0 saturated heterocycles. The molecule has 0 amide bonds. The SMILES string of the molecule is c1ccc(-c2cccc(-c3ccc(-c4nc(-c5cccc(-c6cccc(-c7ccccc7)c6)c5)nc(-c5cccc(-c6cccc(-c7cccc(-c8cccc(-c9cccc(-c%10ccc%11c(c%10)C%10(c%12ccccc%12-c%12ccccc%12%10)c%10ccccc%10-%11)c9)c8)c7)c6)c5)n4)cc3)c2)cc1. The van der Waals surface area contributed by atoms with E-state index in [2.05, 4.69) is 370 Å². The minimum atomic E-state index is -0.393. The van der Waals surface area contributed by atoms with E-state index in [1.165, 1.54) is 83.5 Å². The summed E-state index contributed by atoms with van der Waals surface area (Å²) in [4.78, 5) is 15.8. The molecule has 0 atom stereocenters. The van der Waals surface area contributed by atoms with E-state index in [-0.39, 0.29) is 0 Å². The summed E-state index contributed by atoms with van der Waals surface area (Å²) in [7, 11) is 0. The van der Waals surface area contributed by atoms with Crippen molar-refractivity contribution in [3.8, 4) is 157 Å². The number of hydrogen-bond donors (Lipinski definition) is 0. The van der Waals surface area contributed by atoms with E-state index in [1.807, 2.05) is 0 Å². The van der Waals surface area contributed by atoms with Gasteiger partial charge in [-0.2, -0.15) is 0 Å². The molecule has 1 heterocycles. The van der Waals surface area contributed by atoms with Gasteiger partial charge in [0.15, 0.2) is 17.5 Å². The molecule has 452 valence electrons. The minimum absolute atomic E-state index is 0.393. The fourth-order valence-electron chi connectivity index (χ4n) is 15.1. The largest absolute Gasteiger partial charge is 0.208 e. The predicted octanol–water partition coefficient (Wildman–Crippen LogP) is 24.2. The molecule has 0 radical (unpaired) electrons. The molecule has 0 saturated carbocycles. The summed E-state index contributed by atoms with van der Waals surface area (Å²) in [5.74, 6) is 1.80. The van der Waals surface area contributed by atoms with Gasteiger partial charge in [0, 0.05) is 16.7 Å². The molecule has 2 aliphatic carbocycles. The number of nitrogens with zero attached hydrogens (tertiary/aromatic N) is 3. The number of hydrogen-bond acceptors (Lipinski definition) is 3. The Balaban J connectivity index is 0.652. The molecular weight excluding hydrogens is 1170 g/mol. The molecule has 1 aromatic heterocycles. The maximum absolute atomic E-state index is 5.31. The van der Waals surface area contributed by atoms with Gasteiger partial charge in [0.2, 0.25) is 0 Å². The second-order valence-corrected chi connectivity index (χ2v) is 25.4. The predicted molar refractivity (Wildman–Crippen MR) is 401 cm³/mol. The van der Waals surface area contributed by atoms with Crippen LogP contribution in [0.5, 0.6) is 0 Å². The molecule has 2 aliphatic rings. The Morgan fingerprint density at radius 3 is 0.670 bits per heavy atom. The summed E-state index contributed by atoms with van der Waals surface area (Å²) >= 11 is 0. The van der Waals surface area contributed by atoms with Crippen molar-refractivity contribution >= 4 is 0 Å². The van der Waals surface area contributed by atoms with Crippen LogP contribution in [0.1, 0.15) is 22.3 Å². The summed E-state index contributed by atoms with van der Waals surface area (Å²) in [6, 6.07) is 134. The molecule has 0 aliphatic heterocycles. The summed E-state index contributed by atoms with van der Waals surface area (Å²) in [5, 5.41) is 0. The summed E-state index contributed by atoms with van der Waals surface area (Å²) in [5.41, 5.74) is 33.6. The molecule has 16 aromatic rings. The summed E-state index contributed by atoms with van der Waals surface area (Å²) in [6.07, 6.45) is 0. The Labute approximate surface area is 565 Å². The van der Waals surface area contributed by atoms with Crippen molar-refractivity contribution in [3.05, 3.63) is 392 Å². The van der Waals surface area contributed by atoms with E-state index in [0.717, 1.165) is 77.9 Å². The van der Waals surface area contributed by atoms with Crippen molar-refractivity contribution in [3.63, 3.8) is 0 Å². The van der Waals surface area contributed by atoms with Gasteiger partial charge in [-0.05, 0) is 199 Å². The third kappa shape index (κ3) is 10.3.